The quantitative estimate of drug-likeness (QED) is 0.542. The van der Waals surface area contributed by atoms with E-state index in [1.54, 1.807) is 11.1 Å². The van der Waals surface area contributed by atoms with Gasteiger partial charge in [0.1, 0.15) is 5.60 Å². The third-order valence-electron chi connectivity index (χ3n) is 5.25. The molecular formula is C17H28O2. The topological polar surface area (TPSA) is 26.3 Å². The Morgan fingerprint density at radius 3 is 2.37 bits per heavy atom. The van der Waals surface area contributed by atoms with Crippen LogP contribution in [0.1, 0.15) is 66.7 Å². The first kappa shape index (κ1) is 14.6. The van der Waals surface area contributed by atoms with Gasteiger partial charge in [-0.2, -0.15) is 0 Å². The van der Waals surface area contributed by atoms with Crippen molar-refractivity contribution in [1.82, 2.24) is 0 Å². The summed E-state index contributed by atoms with van der Waals surface area (Å²) >= 11 is 0. The maximum atomic E-state index is 11.3. The molecule has 2 rings (SSSR count). The van der Waals surface area contributed by atoms with Gasteiger partial charge in [0.15, 0.2) is 0 Å². The lowest BCUT2D eigenvalue weighted by atomic mass is 9.81. The van der Waals surface area contributed by atoms with Gasteiger partial charge in [-0.1, -0.05) is 25.0 Å². The average Bonchev–Trinajstić information content (AvgIpc) is 2.53. The Labute approximate surface area is 117 Å². The normalized spacial score (nSPS) is 31.9. The van der Waals surface area contributed by atoms with Crippen LogP contribution in [0, 0.1) is 17.8 Å². The summed E-state index contributed by atoms with van der Waals surface area (Å²) in [5.74, 6) is 1.76. The second-order valence-electron chi connectivity index (χ2n) is 7.07. The van der Waals surface area contributed by atoms with Gasteiger partial charge < -0.3 is 4.74 Å². The number of esters is 1. The fourth-order valence-electron chi connectivity index (χ4n) is 3.96. The van der Waals surface area contributed by atoms with Gasteiger partial charge in [0.05, 0.1) is 0 Å². The van der Waals surface area contributed by atoms with Crippen molar-refractivity contribution in [3.05, 3.63) is 11.1 Å². The van der Waals surface area contributed by atoms with E-state index < -0.39 is 0 Å². The minimum Gasteiger partial charge on any atom is -0.460 e. The highest BCUT2D eigenvalue weighted by Crippen LogP contribution is 2.46. The minimum atomic E-state index is -0.337. The predicted molar refractivity (Wildman–Crippen MR) is 77.8 cm³/mol. The van der Waals surface area contributed by atoms with Crippen LogP contribution in [0.2, 0.25) is 0 Å². The molecule has 2 aliphatic carbocycles. The molecule has 0 aliphatic heterocycles. The van der Waals surface area contributed by atoms with Crippen molar-refractivity contribution in [2.45, 2.75) is 72.3 Å². The minimum absolute atomic E-state index is 0.157. The molecule has 0 aromatic heterocycles. The lowest BCUT2D eigenvalue weighted by molar-refractivity contribution is -0.159. The van der Waals surface area contributed by atoms with Crippen molar-refractivity contribution < 1.29 is 9.53 Å². The van der Waals surface area contributed by atoms with Gasteiger partial charge in [0, 0.05) is 12.8 Å². The molecule has 0 spiro atoms. The molecule has 3 atom stereocenters. The van der Waals surface area contributed by atoms with E-state index in [0.717, 1.165) is 18.3 Å². The molecule has 108 valence electrons. The van der Waals surface area contributed by atoms with Gasteiger partial charge in [-0.15, -0.1) is 0 Å². The van der Waals surface area contributed by atoms with E-state index in [0.29, 0.717) is 5.92 Å². The highest BCUT2D eigenvalue weighted by molar-refractivity contribution is 5.66. The molecule has 0 radical (unpaired) electrons. The van der Waals surface area contributed by atoms with Gasteiger partial charge in [0.25, 0.3) is 0 Å². The van der Waals surface area contributed by atoms with Crippen LogP contribution in [0.15, 0.2) is 11.1 Å². The highest BCUT2D eigenvalue weighted by atomic mass is 16.6. The Kier molecular flexibility index (Phi) is 4.08. The molecule has 0 N–H and O–H groups in total. The second-order valence-corrected chi connectivity index (χ2v) is 7.07. The summed E-state index contributed by atoms with van der Waals surface area (Å²) in [4.78, 5) is 11.3. The molecule has 2 aliphatic rings. The third kappa shape index (κ3) is 3.04. The summed E-state index contributed by atoms with van der Waals surface area (Å²) in [5.41, 5.74) is 3.06. The number of hydrogen-bond donors (Lipinski definition) is 0. The summed E-state index contributed by atoms with van der Waals surface area (Å²) in [5, 5.41) is 0. The number of rotatable bonds is 2. The third-order valence-corrected chi connectivity index (χ3v) is 5.25. The van der Waals surface area contributed by atoms with E-state index in [1.165, 1.54) is 32.6 Å². The zero-order valence-electron chi connectivity index (χ0n) is 13.1. The molecule has 0 fully saturated rings. The zero-order valence-corrected chi connectivity index (χ0v) is 13.1. The van der Waals surface area contributed by atoms with Crippen LogP contribution in [0.3, 0.4) is 0 Å². The molecule has 19 heavy (non-hydrogen) atoms. The van der Waals surface area contributed by atoms with Crippen molar-refractivity contribution in [2.75, 3.05) is 0 Å². The molecule has 0 amide bonds. The van der Waals surface area contributed by atoms with Crippen LogP contribution in [0.5, 0.6) is 0 Å². The number of allylic oxidation sites excluding steroid dienone is 2. The first-order valence-corrected chi connectivity index (χ1v) is 7.72. The van der Waals surface area contributed by atoms with Crippen molar-refractivity contribution in [3.63, 3.8) is 0 Å². The predicted octanol–water partition coefficient (Wildman–Crippen LogP) is 4.49. The number of ether oxygens (including phenoxy) is 1. The number of hydrogen-bond acceptors (Lipinski definition) is 2. The van der Waals surface area contributed by atoms with Crippen molar-refractivity contribution >= 4 is 5.97 Å². The van der Waals surface area contributed by atoms with Gasteiger partial charge in [-0.3, -0.25) is 4.79 Å². The monoisotopic (exact) mass is 264 g/mol. The van der Waals surface area contributed by atoms with Gasteiger partial charge in [-0.05, 0) is 57.8 Å². The molecule has 0 saturated carbocycles. The number of carbonyl (C=O) groups excluding carboxylic acids is 1. The summed E-state index contributed by atoms with van der Waals surface area (Å²) in [6, 6.07) is 0. The SMILES string of the molecule is CC(=O)OC(C)(C)[C@@H]1CC[C@H](C)C2=C(C1)[C@@H](C)CC2. The van der Waals surface area contributed by atoms with E-state index in [2.05, 4.69) is 27.7 Å². The Balaban J connectivity index is 2.19. The Hall–Kier alpha value is -0.790. The Morgan fingerprint density at radius 1 is 1.11 bits per heavy atom. The standard InChI is InChI=1S/C17H28O2/c1-11-6-8-14(17(4,5)19-13(3)18)10-16-12(2)7-9-15(11)16/h11-12,14H,6-10H2,1-5H3/t11-,12-,14+/m0/s1. The summed E-state index contributed by atoms with van der Waals surface area (Å²) in [7, 11) is 0. The van der Waals surface area contributed by atoms with Gasteiger partial charge in [-0.25, -0.2) is 0 Å². The second kappa shape index (κ2) is 5.30. The molecule has 0 aromatic carbocycles. The van der Waals surface area contributed by atoms with Gasteiger partial charge >= 0.3 is 5.97 Å². The number of carbonyl (C=O) groups is 1. The van der Waals surface area contributed by atoms with E-state index in [4.69, 9.17) is 4.74 Å². The first-order chi connectivity index (χ1) is 8.81. The van der Waals surface area contributed by atoms with Crippen molar-refractivity contribution in [1.29, 1.82) is 0 Å². The maximum Gasteiger partial charge on any atom is 0.303 e. The van der Waals surface area contributed by atoms with Gasteiger partial charge in [0.2, 0.25) is 0 Å². The molecule has 2 heteroatoms. The van der Waals surface area contributed by atoms with E-state index in [9.17, 15) is 4.79 Å². The van der Waals surface area contributed by atoms with Crippen LogP contribution in [0.4, 0.5) is 0 Å². The molecule has 0 aromatic rings. The van der Waals surface area contributed by atoms with Crippen LogP contribution in [0.25, 0.3) is 0 Å². The fourth-order valence-corrected chi connectivity index (χ4v) is 3.96. The zero-order chi connectivity index (χ0) is 14.2. The molecule has 0 unspecified atom stereocenters. The van der Waals surface area contributed by atoms with Crippen LogP contribution in [-0.4, -0.2) is 11.6 Å². The van der Waals surface area contributed by atoms with Crippen LogP contribution < -0.4 is 0 Å². The van der Waals surface area contributed by atoms with E-state index in [-0.39, 0.29) is 11.6 Å². The molecule has 0 bridgehead atoms. The summed E-state index contributed by atoms with van der Waals surface area (Å²) < 4.78 is 5.59. The maximum absolute atomic E-state index is 11.3. The Morgan fingerprint density at radius 2 is 1.74 bits per heavy atom. The van der Waals surface area contributed by atoms with Crippen molar-refractivity contribution in [2.24, 2.45) is 17.8 Å². The first-order valence-electron chi connectivity index (χ1n) is 7.72. The Bertz CT molecular complexity index is 392. The van der Waals surface area contributed by atoms with Crippen LogP contribution in [-0.2, 0) is 9.53 Å². The largest absolute Gasteiger partial charge is 0.460 e. The fraction of sp³-hybridized carbons (Fsp3) is 0.824. The van der Waals surface area contributed by atoms with Crippen LogP contribution >= 0.6 is 0 Å². The molecule has 2 nitrogen and oxygen atoms in total. The smallest absolute Gasteiger partial charge is 0.303 e. The summed E-state index contributed by atoms with van der Waals surface area (Å²) in [6.07, 6.45) is 6.14. The summed E-state index contributed by atoms with van der Waals surface area (Å²) in [6.45, 7) is 10.4. The molecular weight excluding hydrogens is 236 g/mol. The lowest BCUT2D eigenvalue weighted by Crippen LogP contribution is -2.36. The molecule has 0 heterocycles. The van der Waals surface area contributed by atoms with E-state index >= 15 is 0 Å². The van der Waals surface area contributed by atoms with E-state index in [1.807, 2.05) is 0 Å². The average molecular weight is 264 g/mol. The lowest BCUT2D eigenvalue weighted by Gasteiger charge is -2.34. The highest BCUT2D eigenvalue weighted by Gasteiger charge is 2.38. The van der Waals surface area contributed by atoms with Crippen molar-refractivity contribution in [3.8, 4) is 0 Å². The molecule has 0 saturated heterocycles.